The van der Waals surface area contributed by atoms with Crippen molar-refractivity contribution in [3.05, 3.63) is 65.9 Å². The maximum Gasteiger partial charge on any atom is 0.416 e. The molecule has 0 spiro atoms. The molecule has 156 valence electrons. The van der Waals surface area contributed by atoms with Crippen molar-refractivity contribution < 1.29 is 32.2 Å². The van der Waals surface area contributed by atoms with Crippen molar-refractivity contribution in [3.8, 4) is 11.5 Å². The Kier molecular flexibility index (Phi) is 8.01. The lowest BCUT2D eigenvalue weighted by Crippen LogP contribution is -2.14. The molecule has 0 atom stereocenters. The van der Waals surface area contributed by atoms with Crippen LogP contribution in [0.4, 0.5) is 13.2 Å². The van der Waals surface area contributed by atoms with Gasteiger partial charge in [0.25, 0.3) is 0 Å². The molecule has 0 saturated carbocycles. The molecule has 2 aromatic rings. The second-order valence-corrected chi connectivity index (χ2v) is 7.02. The number of alkyl halides is 3. The summed E-state index contributed by atoms with van der Waals surface area (Å²) in [5, 5.41) is 0. The molecule has 0 amide bonds. The summed E-state index contributed by atoms with van der Waals surface area (Å²) in [5.41, 5.74) is 0.124. The highest BCUT2D eigenvalue weighted by molar-refractivity contribution is 7.99. The van der Waals surface area contributed by atoms with Crippen molar-refractivity contribution >= 4 is 17.7 Å². The summed E-state index contributed by atoms with van der Waals surface area (Å²) in [5.74, 6) is 1.28. The van der Waals surface area contributed by atoms with E-state index in [2.05, 4.69) is 6.58 Å². The van der Waals surface area contributed by atoms with E-state index in [0.29, 0.717) is 29.6 Å². The van der Waals surface area contributed by atoms with Crippen molar-refractivity contribution in [2.24, 2.45) is 0 Å². The average molecular weight is 426 g/mol. The molecular formula is C21H21F3O4S. The van der Waals surface area contributed by atoms with Crippen LogP contribution in [-0.4, -0.2) is 24.9 Å². The minimum absolute atomic E-state index is 0.154. The van der Waals surface area contributed by atoms with Gasteiger partial charge in [0, 0.05) is 4.90 Å². The van der Waals surface area contributed by atoms with E-state index >= 15 is 0 Å². The van der Waals surface area contributed by atoms with E-state index in [-0.39, 0.29) is 6.61 Å². The highest BCUT2D eigenvalue weighted by Crippen LogP contribution is 2.31. The number of esters is 1. The Hall–Kier alpha value is -2.61. The van der Waals surface area contributed by atoms with E-state index in [1.807, 2.05) is 19.1 Å². The number of halogens is 3. The lowest BCUT2D eigenvalue weighted by molar-refractivity contribution is -0.145. The monoisotopic (exact) mass is 426 g/mol. The second kappa shape index (κ2) is 10.2. The van der Waals surface area contributed by atoms with E-state index in [1.54, 1.807) is 13.0 Å². The van der Waals surface area contributed by atoms with Crippen LogP contribution in [0.2, 0.25) is 0 Å². The van der Waals surface area contributed by atoms with E-state index in [0.717, 1.165) is 22.6 Å². The highest BCUT2D eigenvalue weighted by Gasteiger charge is 2.30. The third kappa shape index (κ3) is 7.38. The SMILES string of the molecule is C=C(CSc1ccc(OCC(=O)OCC)c(C)c1)Oc1ccc(C(F)(F)F)cc1. The summed E-state index contributed by atoms with van der Waals surface area (Å²) in [4.78, 5) is 12.3. The molecule has 4 nitrogen and oxygen atoms in total. The van der Waals surface area contributed by atoms with Crippen molar-refractivity contribution in [2.45, 2.75) is 24.9 Å². The fraction of sp³-hybridized carbons (Fsp3) is 0.286. The van der Waals surface area contributed by atoms with Crippen LogP contribution in [0, 0.1) is 6.92 Å². The van der Waals surface area contributed by atoms with Gasteiger partial charge in [0.15, 0.2) is 6.61 Å². The number of aryl methyl sites for hydroxylation is 1. The summed E-state index contributed by atoms with van der Waals surface area (Å²) in [6.45, 7) is 7.53. The van der Waals surface area contributed by atoms with Crippen LogP contribution < -0.4 is 9.47 Å². The fourth-order valence-electron chi connectivity index (χ4n) is 2.28. The number of hydrogen-bond donors (Lipinski definition) is 0. The normalized spacial score (nSPS) is 11.1. The molecule has 0 aliphatic rings. The van der Waals surface area contributed by atoms with Crippen molar-refractivity contribution in [1.82, 2.24) is 0 Å². The van der Waals surface area contributed by atoms with Crippen LogP contribution in [0.15, 0.2) is 59.7 Å². The van der Waals surface area contributed by atoms with Crippen molar-refractivity contribution in [1.29, 1.82) is 0 Å². The van der Waals surface area contributed by atoms with Crippen LogP contribution in [0.1, 0.15) is 18.1 Å². The molecule has 0 aliphatic heterocycles. The Bertz CT molecular complexity index is 848. The van der Waals surface area contributed by atoms with Gasteiger partial charge >= 0.3 is 12.1 Å². The van der Waals surface area contributed by atoms with Crippen LogP contribution in [0.5, 0.6) is 11.5 Å². The van der Waals surface area contributed by atoms with Gasteiger partial charge in [-0.3, -0.25) is 0 Å². The quantitative estimate of drug-likeness (QED) is 0.295. The molecule has 0 bridgehead atoms. The molecule has 0 radical (unpaired) electrons. The van der Waals surface area contributed by atoms with E-state index in [9.17, 15) is 18.0 Å². The zero-order valence-electron chi connectivity index (χ0n) is 16.0. The van der Waals surface area contributed by atoms with Gasteiger partial charge in [-0.2, -0.15) is 13.2 Å². The molecule has 0 N–H and O–H groups in total. The van der Waals surface area contributed by atoms with Gasteiger partial charge in [0.2, 0.25) is 0 Å². The van der Waals surface area contributed by atoms with Crippen molar-refractivity contribution in [3.63, 3.8) is 0 Å². The molecular weight excluding hydrogens is 405 g/mol. The minimum atomic E-state index is -4.38. The predicted octanol–water partition coefficient (Wildman–Crippen LogP) is 5.64. The number of benzene rings is 2. The highest BCUT2D eigenvalue weighted by atomic mass is 32.2. The zero-order valence-corrected chi connectivity index (χ0v) is 16.9. The Morgan fingerprint density at radius 1 is 1.14 bits per heavy atom. The van der Waals surface area contributed by atoms with Crippen LogP contribution >= 0.6 is 11.8 Å². The molecule has 0 unspecified atom stereocenters. The molecule has 0 aromatic heterocycles. The molecule has 0 saturated heterocycles. The first-order chi connectivity index (χ1) is 13.7. The summed E-state index contributed by atoms with van der Waals surface area (Å²) in [6.07, 6.45) is -4.38. The van der Waals surface area contributed by atoms with Crippen molar-refractivity contribution in [2.75, 3.05) is 19.0 Å². The third-order valence-corrected chi connectivity index (χ3v) is 4.69. The van der Waals surface area contributed by atoms with E-state index < -0.39 is 17.7 Å². The molecule has 2 rings (SSSR count). The summed E-state index contributed by atoms with van der Waals surface area (Å²) < 4.78 is 53.5. The maximum atomic E-state index is 12.6. The van der Waals surface area contributed by atoms with Gasteiger partial charge in [-0.25, -0.2) is 4.79 Å². The second-order valence-electron chi connectivity index (χ2n) is 5.97. The molecule has 2 aromatic carbocycles. The van der Waals surface area contributed by atoms with Gasteiger partial charge < -0.3 is 14.2 Å². The van der Waals surface area contributed by atoms with Crippen LogP contribution in [-0.2, 0) is 15.7 Å². The van der Waals surface area contributed by atoms with Crippen LogP contribution in [0.25, 0.3) is 0 Å². The molecule has 8 heteroatoms. The number of ether oxygens (including phenoxy) is 3. The zero-order chi connectivity index (χ0) is 21.4. The molecule has 0 aliphatic carbocycles. The predicted molar refractivity (Wildman–Crippen MR) is 105 cm³/mol. The minimum Gasteiger partial charge on any atom is -0.482 e. The number of carbonyl (C=O) groups excluding carboxylic acids is 1. The van der Waals surface area contributed by atoms with E-state index in [4.69, 9.17) is 14.2 Å². The molecule has 0 fully saturated rings. The Morgan fingerprint density at radius 2 is 1.83 bits per heavy atom. The number of rotatable bonds is 9. The van der Waals surface area contributed by atoms with Gasteiger partial charge in [0.1, 0.15) is 17.3 Å². The molecule has 29 heavy (non-hydrogen) atoms. The molecule has 0 heterocycles. The smallest absolute Gasteiger partial charge is 0.416 e. The Balaban J connectivity index is 1.85. The summed E-state index contributed by atoms with van der Waals surface area (Å²) in [7, 11) is 0. The number of thioether (sulfide) groups is 1. The summed E-state index contributed by atoms with van der Waals surface area (Å²) >= 11 is 1.46. The Morgan fingerprint density at radius 3 is 2.41 bits per heavy atom. The van der Waals surface area contributed by atoms with Gasteiger partial charge in [-0.15, -0.1) is 11.8 Å². The van der Waals surface area contributed by atoms with Gasteiger partial charge in [-0.05, 0) is 61.9 Å². The first-order valence-electron chi connectivity index (χ1n) is 8.73. The topological polar surface area (TPSA) is 44.8 Å². The Labute approximate surface area is 171 Å². The lowest BCUT2D eigenvalue weighted by Gasteiger charge is -2.12. The van der Waals surface area contributed by atoms with E-state index in [1.165, 1.54) is 23.9 Å². The standard InChI is InChI=1S/C21H21F3O4S/c1-4-26-20(25)12-27-19-10-9-18(11-14(19)2)29-13-15(3)28-17-7-5-16(6-8-17)21(22,23)24/h5-11H,3-4,12-13H2,1-2H3. The van der Waals surface area contributed by atoms with Crippen LogP contribution in [0.3, 0.4) is 0 Å². The van der Waals surface area contributed by atoms with Gasteiger partial charge in [0.05, 0.1) is 17.9 Å². The number of carbonyl (C=O) groups is 1. The first kappa shape index (κ1) is 22.7. The number of hydrogen-bond acceptors (Lipinski definition) is 5. The largest absolute Gasteiger partial charge is 0.482 e. The lowest BCUT2D eigenvalue weighted by atomic mass is 10.2. The maximum absolute atomic E-state index is 12.6. The third-order valence-electron chi connectivity index (χ3n) is 3.64. The fourth-order valence-corrected chi connectivity index (χ4v) is 3.10. The summed E-state index contributed by atoms with van der Waals surface area (Å²) in [6, 6.07) is 9.95. The average Bonchev–Trinajstić information content (AvgIpc) is 2.65. The first-order valence-corrected chi connectivity index (χ1v) is 9.72. The van der Waals surface area contributed by atoms with Gasteiger partial charge in [-0.1, -0.05) is 6.58 Å².